The van der Waals surface area contributed by atoms with Crippen LogP contribution in [0.3, 0.4) is 0 Å². The summed E-state index contributed by atoms with van der Waals surface area (Å²) >= 11 is 0. The highest BCUT2D eigenvalue weighted by Crippen LogP contribution is 2.30. The zero-order valence-corrected chi connectivity index (χ0v) is 24.0. The molecular weight excluding hydrogens is 488 g/mol. The second-order valence-corrected chi connectivity index (χ2v) is 9.89. The van der Waals surface area contributed by atoms with Crippen LogP contribution in [0, 0.1) is 0 Å². The number of fused-ring (bicyclic) bond motifs is 1. The lowest BCUT2D eigenvalue weighted by atomic mass is 9.99. The zero-order chi connectivity index (χ0) is 28.0. The topological polar surface area (TPSA) is 69.6 Å². The van der Waals surface area contributed by atoms with Gasteiger partial charge in [-0.15, -0.1) is 0 Å². The molecule has 0 aliphatic rings. The number of rotatable bonds is 16. The summed E-state index contributed by atoms with van der Waals surface area (Å²) in [5.41, 5.74) is 3.94. The predicted octanol–water partition coefficient (Wildman–Crippen LogP) is 8.33. The predicted molar refractivity (Wildman–Crippen MR) is 160 cm³/mol. The Kier molecular flexibility index (Phi) is 12.1. The van der Waals surface area contributed by atoms with Crippen molar-refractivity contribution in [2.75, 3.05) is 18.5 Å². The summed E-state index contributed by atoms with van der Waals surface area (Å²) < 4.78 is 13.2. The van der Waals surface area contributed by atoms with Gasteiger partial charge in [-0.25, -0.2) is 0 Å². The summed E-state index contributed by atoms with van der Waals surface area (Å²) in [6.07, 6.45) is 11.2. The van der Waals surface area contributed by atoms with Gasteiger partial charge in [-0.2, -0.15) is 0 Å². The van der Waals surface area contributed by atoms with Gasteiger partial charge in [-0.05, 0) is 74.1 Å². The van der Waals surface area contributed by atoms with Gasteiger partial charge in [0.2, 0.25) is 5.91 Å². The van der Waals surface area contributed by atoms with Crippen molar-refractivity contribution in [1.82, 2.24) is 4.57 Å². The molecule has 0 aliphatic carbocycles. The summed E-state index contributed by atoms with van der Waals surface area (Å²) in [6, 6.07) is 16.6. The van der Waals surface area contributed by atoms with Gasteiger partial charge in [-0.3, -0.25) is 9.59 Å². The van der Waals surface area contributed by atoms with Gasteiger partial charge in [0.15, 0.2) is 0 Å². The maximum Gasteiger partial charge on any atom is 0.305 e. The largest absolute Gasteiger partial charge is 0.491 e. The van der Waals surface area contributed by atoms with Crippen molar-refractivity contribution >= 4 is 34.0 Å². The molecular formula is C33H44N2O4. The van der Waals surface area contributed by atoms with Crippen molar-refractivity contribution in [2.45, 2.75) is 85.1 Å². The quantitative estimate of drug-likeness (QED) is 0.114. The molecule has 3 rings (SSSR count). The molecule has 1 amide bonds. The highest BCUT2D eigenvalue weighted by atomic mass is 16.5. The number of amides is 1. The van der Waals surface area contributed by atoms with E-state index in [9.17, 15) is 9.59 Å². The number of ether oxygens (including phenoxy) is 2. The Morgan fingerprint density at radius 2 is 1.72 bits per heavy atom. The van der Waals surface area contributed by atoms with Gasteiger partial charge in [0, 0.05) is 35.6 Å². The van der Waals surface area contributed by atoms with Crippen LogP contribution in [-0.4, -0.2) is 29.7 Å². The fourth-order valence-electron chi connectivity index (χ4n) is 4.99. The van der Waals surface area contributed by atoms with Gasteiger partial charge in [0.25, 0.3) is 0 Å². The van der Waals surface area contributed by atoms with E-state index in [1.165, 1.54) is 36.6 Å². The number of anilines is 1. The monoisotopic (exact) mass is 532 g/mol. The first-order valence-corrected chi connectivity index (χ1v) is 14.5. The molecule has 0 fully saturated rings. The van der Waals surface area contributed by atoms with E-state index in [4.69, 9.17) is 9.47 Å². The number of hydrogen-bond donors (Lipinski definition) is 1. The molecule has 210 valence electrons. The van der Waals surface area contributed by atoms with Crippen molar-refractivity contribution in [3.05, 3.63) is 66.4 Å². The van der Waals surface area contributed by atoms with Crippen molar-refractivity contribution in [3.63, 3.8) is 0 Å². The summed E-state index contributed by atoms with van der Waals surface area (Å²) in [7, 11) is 0. The first kappa shape index (κ1) is 30.0. The fourth-order valence-corrected chi connectivity index (χ4v) is 4.99. The van der Waals surface area contributed by atoms with Crippen LogP contribution in [0.4, 0.5) is 5.69 Å². The first-order valence-electron chi connectivity index (χ1n) is 14.5. The molecule has 39 heavy (non-hydrogen) atoms. The van der Waals surface area contributed by atoms with Gasteiger partial charge in [0.05, 0.1) is 18.9 Å². The molecule has 0 saturated carbocycles. The van der Waals surface area contributed by atoms with E-state index in [0.29, 0.717) is 43.5 Å². The van der Waals surface area contributed by atoms with Crippen LogP contribution < -0.4 is 10.1 Å². The van der Waals surface area contributed by atoms with Crippen molar-refractivity contribution in [3.8, 4) is 5.75 Å². The number of nitrogens with zero attached hydrogens (tertiary/aromatic N) is 1. The van der Waals surface area contributed by atoms with E-state index in [1.807, 2.05) is 24.3 Å². The molecule has 1 aromatic heterocycles. The number of carbonyl (C=O) groups is 2. The second-order valence-electron chi connectivity index (χ2n) is 9.89. The van der Waals surface area contributed by atoms with Crippen LogP contribution in [0.5, 0.6) is 5.75 Å². The molecule has 3 aromatic rings. The molecule has 6 heteroatoms. The summed E-state index contributed by atoms with van der Waals surface area (Å²) in [5, 5.41) is 4.19. The Balaban J connectivity index is 1.74. The summed E-state index contributed by atoms with van der Waals surface area (Å²) in [5.74, 6) is 0.161. The Hall–Kier alpha value is -3.54. The summed E-state index contributed by atoms with van der Waals surface area (Å²) in [4.78, 5) is 24.7. The SMILES string of the molecule is CCC/C(=C\C(=O)Nc1ccccc1OCCCC(=O)OCC)c1ccc2c(ccn2C(CCC)CCC)c1. The molecule has 0 radical (unpaired) electrons. The third-order valence-electron chi connectivity index (χ3n) is 6.79. The van der Waals surface area contributed by atoms with Crippen LogP contribution in [0.2, 0.25) is 0 Å². The fraction of sp³-hybridized carbons (Fsp3) is 0.455. The Labute approximate surface area is 233 Å². The molecule has 0 saturated heterocycles. The third kappa shape index (κ3) is 8.74. The lowest BCUT2D eigenvalue weighted by Crippen LogP contribution is -2.11. The van der Waals surface area contributed by atoms with Gasteiger partial charge in [-0.1, -0.05) is 58.2 Å². The lowest BCUT2D eigenvalue weighted by molar-refractivity contribution is -0.143. The lowest BCUT2D eigenvalue weighted by Gasteiger charge is -2.19. The number of nitrogens with one attached hydrogen (secondary N) is 1. The Morgan fingerprint density at radius 1 is 0.949 bits per heavy atom. The number of para-hydroxylation sites is 2. The van der Waals surface area contributed by atoms with Crippen LogP contribution in [0.25, 0.3) is 16.5 Å². The van der Waals surface area contributed by atoms with Crippen LogP contribution in [0.15, 0.2) is 60.8 Å². The number of esters is 1. The van der Waals surface area contributed by atoms with Crippen LogP contribution in [0.1, 0.15) is 90.7 Å². The number of allylic oxidation sites excluding steroid dienone is 1. The van der Waals surface area contributed by atoms with Gasteiger partial charge < -0.3 is 19.4 Å². The minimum atomic E-state index is -0.229. The Morgan fingerprint density at radius 3 is 2.44 bits per heavy atom. The maximum atomic E-state index is 13.1. The normalized spacial score (nSPS) is 11.7. The van der Waals surface area contributed by atoms with Crippen molar-refractivity contribution in [2.24, 2.45) is 0 Å². The molecule has 1 heterocycles. The highest BCUT2D eigenvalue weighted by molar-refractivity contribution is 6.05. The maximum absolute atomic E-state index is 13.1. The molecule has 0 aliphatic heterocycles. The van der Waals surface area contributed by atoms with E-state index < -0.39 is 0 Å². The van der Waals surface area contributed by atoms with E-state index in [-0.39, 0.29) is 11.9 Å². The zero-order valence-electron chi connectivity index (χ0n) is 24.0. The van der Waals surface area contributed by atoms with Crippen molar-refractivity contribution in [1.29, 1.82) is 0 Å². The second kappa shape index (κ2) is 15.8. The van der Waals surface area contributed by atoms with Gasteiger partial charge in [0.1, 0.15) is 5.75 Å². The summed E-state index contributed by atoms with van der Waals surface area (Å²) in [6.45, 7) is 9.15. The highest BCUT2D eigenvalue weighted by Gasteiger charge is 2.14. The molecule has 6 nitrogen and oxygen atoms in total. The van der Waals surface area contributed by atoms with Crippen LogP contribution in [-0.2, 0) is 14.3 Å². The third-order valence-corrected chi connectivity index (χ3v) is 6.79. The number of benzene rings is 2. The molecule has 2 aromatic carbocycles. The molecule has 0 bridgehead atoms. The molecule has 0 atom stereocenters. The van der Waals surface area contributed by atoms with E-state index in [0.717, 1.165) is 24.0 Å². The van der Waals surface area contributed by atoms with E-state index in [1.54, 1.807) is 13.0 Å². The minimum absolute atomic E-state index is 0.190. The average molecular weight is 533 g/mol. The first-order chi connectivity index (χ1) is 19.0. The number of hydrogen-bond acceptors (Lipinski definition) is 4. The van der Waals surface area contributed by atoms with Crippen molar-refractivity contribution < 1.29 is 19.1 Å². The molecule has 0 unspecified atom stereocenters. The Bertz CT molecular complexity index is 1240. The van der Waals surface area contributed by atoms with E-state index >= 15 is 0 Å². The van der Waals surface area contributed by atoms with E-state index in [2.05, 4.69) is 61.1 Å². The molecule has 1 N–H and O–H groups in total. The van der Waals surface area contributed by atoms with Gasteiger partial charge >= 0.3 is 5.97 Å². The average Bonchev–Trinajstić information content (AvgIpc) is 3.35. The minimum Gasteiger partial charge on any atom is -0.491 e. The smallest absolute Gasteiger partial charge is 0.305 e. The van der Waals surface area contributed by atoms with Crippen LogP contribution >= 0.6 is 0 Å². The number of aromatic nitrogens is 1. The number of carbonyl (C=O) groups excluding carboxylic acids is 2. The standard InChI is InChI=1S/C33H44N2O4/c1-5-12-25(26-18-19-30-27(23-26)20-21-35(30)28(13-6-2)14-7-3)24-32(36)34-29-15-9-10-16-31(29)39-22-11-17-33(37)38-8-4/h9-10,15-16,18-21,23-24,28H,5-8,11-14,17,22H2,1-4H3,(H,34,36)/b25-24+. The molecule has 0 spiro atoms.